The molecule has 12 nitrogen and oxygen atoms in total. The van der Waals surface area contributed by atoms with Gasteiger partial charge < -0.3 is 36.0 Å². The summed E-state index contributed by atoms with van der Waals surface area (Å²) in [4.78, 5) is 50.9. The average Bonchev–Trinajstić information content (AvgIpc) is 3.49. The predicted octanol–water partition coefficient (Wildman–Crippen LogP) is 6.55. The van der Waals surface area contributed by atoms with Crippen LogP contribution in [0.1, 0.15) is 53.4 Å². The minimum absolute atomic E-state index is 0. The third-order valence-corrected chi connectivity index (χ3v) is 7.73. The molecule has 14 heteroatoms. The lowest BCUT2D eigenvalue weighted by Crippen LogP contribution is -2.33. The zero-order valence-electron chi connectivity index (χ0n) is 29.8. The maximum Gasteiger partial charge on any atom is 0.370 e. The quantitative estimate of drug-likeness (QED) is 0.0465. The normalized spacial score (nSPS) is 11.7. The third-order valence-electron chi connectivity index (χ3n) is 7.73. The number of fused-ring (bicyclic) bond motifs is 2. The number of benzene rings is 4. The van der Waals surface area contributed by atoms with Gasteiger partial charge in [-0.05, 0) is 104 Å². The molecule has 0 bridgehead atoms. The number of nitrogens with one attached hydrogen (secondary N) is 3. The maximum absolute atomic E-state index is 11.9. The highest BCUT2D eigenvalue weighted by molar-refractivity contribution is 6.40. The smallest absolute Gasteiger partial charge is 0.370 e. The number of hydrogen-bond donors (Lipinski definition) is 4. The maximum atomic E-state index is 11.9. The molecule has 4 aromatic carbocycles. The fourth-order valence-corrected chi connectivity index (χ4v) is 5.06. The van der Waals surface area contributed by atoms with E-state index in [1.165, 1.54) is 6.42 Å². The Morgan fingerprint density at radius 3 is 1.60 bits per heavy atom. The van der Waals surface area contributed by atoms with Crippen molar-refractivity contribution < 1.29 is 33.5 Å². The zero-order valence-corrected chi connectivity index (χ0v) is 31.3. The van der Waals surface area contributed by atoms with E-state index in [-0.39, 0.29) is 52.2 Å². The Morgan fingerprint density at radius 2 is 1.09 bits per heavy atom. The topological polar surface area (TPSA) is 161 Å². The molecule has 1 heterocycles. The molecule has 0 aliphatic carbocycles. The number of imide groups is 1. The van der Waals surface area contributed by atoms with Gasteiger partial charge in [0, 0.05) is 19.4 Å². The van der Waals surface area contributed by atoms with Crippen molar-refractivity contribution in [2.24, 2.45) is 5.73 Å². The molecule has 0 spiro atoms. The molecule has 0 aromatic heterocycles. The van der Waals surface area contributed by atoms with Crippen LogP contribution in [0, 0.1) is 0 Å². The number of alkyl halides is 2. The molecule has 1 fully saturated rings. The lowest BCUT2D eigenvalue weighted by atomic mass is 10.1. The number of carbonyl (C=O) groups excluding carboxylic acids is 4. The highest BCUT2D eigenvalue weighted by Gasteiger charge is 2.32. The summed E-state index contributed by atoms with van der Waals surface area (Å²) in [6.45, 7) is 5.06. The molecule has 0 saturated carbocycles. The van der Waals surface area contributed by atoms with Crippen LogP contribution in [0.3, 0.4) is 0 Å². The van der Waals surface area contributed by atoms with Crippen LogP contribution in [-0.2, 0) is 24.0 Å². The summed E-state index contributed by atoms with van der Waals surface area (Å²) >= 11 is 9.53. The Hall–Kier alpha value is -4.46. The number of amides is 3. The summed E-state index contributed by atoms with van der Waals surface area (Å²) in [5.74, 6) is -0.677. The predicted molar refractivity (Wildman–Crippen MR) is 222 cm³/mol. The van der Waals surface area contributed by atoms with Crippen molar-refractivity contribution in [1.29, 1.82) is 0 Å². The average molecular weight is 803 g/mol. The van der Waals surface area contributed by atoms with Crippen LogP contribution in [0.25, 0.3) is 21.5 Å². The minimum atomic E-state index is -0.795. The molecular formula is C41H57Cl2N5O7. The first-order valence-electron chi connectivity index (χ1n) is 17.6. The summed E-state index contributed by atoms with van der Waals surface area (Å²) < 4.78 is 10.9. The molecule has 1 aliphatic heterocycles. The second-order valence-corrected chi connectivity index (χ2v) is 12.6. The van der Waals surface area contributed by atoms with Gasteiger partial charge in [0.05, 0.1) is 5.34 Å². The van der Waals surface area contributed by atoms with Crippen LogP contribution >= 0.6 is 23.2 Å². The van der Waals surface area contributed by atoms with E-state index in [0.29, 0.717) is 23.1 Å². The highest BCUT2D eigenvalue weighted by Crippen LogP contribution is 2.21. The van der Waals surface area contributed by atoms with Crippen molar-refractivity contribution in [3.8, 4) is 11.5 Å². The van der Waals surface area contributed by atoms with Crippen LogP contribution in [0.5, 0.6) is 11.5 Å². The monoisotopic (exact) mass is 801 g/mol. The Kier molecular flexibility index (Phi) is 25.5. The zero-order chi connectivity index (χ0) is 38.1. The van der Waals surface area contributed by atoms with Gasteiger partial charge in [-0.3, -0.25) is 14.4 Å². The van der Waals surface area contributed by atoms with E-state index in [0.717, 1.165) is 73.5 Å². The largest absolute Gasteiger partial charge is 0.484 e. The summed E-state index contributed by atoms with van der Waals surface area (Å²) in [5, 5.41) is 14.7. The second kappa shape index (κ2) is 28.9. The number of ether oxygens (including phenoxy) is 2. The molecule has 302 valence electrons. The first-order chi connectivity index (χ1) is 25.8. The molecule has 4 aromatic rings. The van der Waals surface area contributed by atoms with Crippen molar-refractivity contribution in [1.82, 2.24) is 21.0 Å². The first kappa shape index (κ1) is 48.6. The van der Waals surface area contributed by atoms with E-state index in [2.05, 4.69) is 22.0 Å². The lowest BCUT2D eigenvalue weighted by Gasteiger charge is -2.13. The molecule has 0 radical (unpaired) electrons. The highest BCUT2D eigenvalue weighted by atomic mass is 35.5. The molecule has 5 rings (SSSR count). The number of unbranched alkanes of at least 4 members (excludes halogenated alkanes) is 1. The fraction of sp³-hybridized carbons (Fsp3) is 0.415. The summed E-state index contributed by atoms with van der Waals surface area (Å²) in [5.41, 5.74) is 5.45. The number of nitrogens with two attached hydrogens (primary N) is 1. The van der Waals surface area contributed by atoms with Gasteiger partial charge in [0.25, 0.3) is 17.7 Å². The molecule has 3 amide bonds. The Morgan fingerprint density at radius 1 is 0.636 bits per heavy atom. The van der Waals surface area contributed by atoms with E-state index in [4.69, 9.17) is 43.2 Å². The number of hydroxylamine groups is 2. The standard InChI is InChI=1S/C22H34N4O2.C16H13NO5.CH2Cl2.2CH4/c23-11-5-14-24-12-3-4-13-25-15-6-16-26-22(27)18-28-21-10-9-19-7-1-2-8-20(19)17-21;18-14-7-8-15(19)17(14)22-16(20)10-21-13-6-5-11-3-1-2-4-12(11)9-13;2-1-3;;/h1-2,7-10,17,24-25H,3-6,11-16,18,23H2,(H,26,27);1-6,9H,7-8,10H2;1H2;2*1H4. The number of hydrogen-bond acceptors (Lipinski definition) is 10. The first-order valence-corrected chi connectivity index (χ1v) is 18.7. The second-order valence-electron chi connectivity index (χ2n) is 11.8. The summed E-state index contributed by atoms with van der Waals surface area (Å²) in [6, 6.07) is 27.1. The van der Waals surface area contributed by atoms with Gasteiger partial charge in [-0.2, -0.15) is 0 Å². The van der Waals surface area contributed by atoms with E-state index < -0.39 is 17.8 Å². The van der Waals surface area contributed by atoms with Crippen molar-refractivity contribution >= 4 is 68.4 Å². The van der Waals surface area contributed by atoms with Crippen LogP contribution in [0.2, 0.25) is 0 Å². The molecule has 55 heavy (non-hydrogen) atoms. The fourth-order valence-electron chi connectivity index (χ4n) is 5.06. The Bertz CT molecular complexity index is 1710. The van der Waals surface area contributed by atoms with E-state index in [9.17, 15) is 19.2 Å². The molecular weight excluding hydrogens is 745 g/mol. The van der Waals surface area contributed by atoms with Gasteiger partial charge >= 0.3 is 5.97 Å². The van der Waals surface area contributed by atoms with Gasteiger partial charge in [-0.1, -0.05) is 75.5 Å². The van der Waals surface area contributed by atoms with Gasteiger partial charge in [-0.25, -0.2) is 4.79 Å². The number of halogens is 2. The summed E-state index contributed by atoms with van der Waals surface area (Å²) in [6.07, 6.45) is 4.41. The molecule has 0 unspecified atom stereocenters. The van der Waals surface area contributed by atoms with Crippen LogP contribution in [0.4, 0.5) is 0 Å². The van der Waals surface area contributed by atoms with Gasteiger partial charge in [-0.15, -0.1) is 28.3 Å². The van der Waals surface area contributed by atoms with Crippen molar-refractivity contribution in [2.45, 2.75) is 53.4 Å². The van der Waals surface area contributed by atoms with Crippen molar-refractivity contribution in [3.63, 3.8) is 0 Å². The third kappa shape index (κ3) is 19.1. The SMILES string of the molecule is C.C.ClCCl.NCCCNCCCCNCCCNC(=O)COc1ccc2ccccc2c1.O=C(COc1ccc2ccccc2c1)ON1C(=O)CCC1=O. The molecule has 5 N–H and O–H groups in total. The molecule has 0 atom stereocenters. The van der Waals surface area contributed by atoms with Crippen molar-refractivity contribution in [3.05, 3.63) is 84.9 Å². The number of carbonyl (C=O) groups is 4. The van der Waals surface area contributed by atoms with E-state index in [1.807, 2.05) is 66.7 Å². The lowest BCUT2D eigenvalue weighted by molar-refractivity contribution is -0.198. The molecule has 1 aliphatic rings. The van der Waals surface area contributed by atoms with E-state index >= 15 is 0 Å². The van der Waals surface area contributed by atoms with Gasteiger partial charge in [0.1, 0.15) is 11.5 Å². The molecule has 1 saturated heterocycles. The van der Waals surface area contributed by atoms with Crippen LogP contribution < -0.4 is 31.2 Å². The van der Waals surface area contributed by atoms with Gasteiger partial charge in [0.2, 0.25) is 0 Å². The Balaban J connectivity index is 0.000000506. The Labute approximate surface area is 335 Å². The van der Waals surface area contributed by atoms with Crippen LogP contribution in [-0.4, -0.2) is 86.6 Å². The number of rotatable bonds is 19. The number of nitrogens with zero attached hydrogens (tertiary/aromatic N) is 1. The minimum Gasteiger partial charge on any atom is -0.484 e. The van der Waals surface area contributed by atoms with E-state index in [1.54, 1.807) is 12.1 Å². The summed E-state index contributed by atoms with van der Waals surface area (Å²) in [7, 11) is 0. The van der Waals surface area contributed by atoms with Gasteiger partial charge in [0.15, 0.2) is 13.2 Å². The van der Waals surface area contributed by atoms with Crippen molar-refractivity contribution in [2.75, 3.05) is 57.8 Å². The van der Waals surface area contributed by atoms with Crippen LogP contribution in [0.15, 0.2) is 84.9 Å².